The molecular formula is C18H32N4O3. The van der Waals surface area contributed by atoms with Gasteiger partial charge in [0.05, 0.1) is 6.61 Å². The summed E-state index contributed by atoms with van der Waals surface area (Å²) in [4.78, 5) is 17.6. The third kappa shape index (κ3) is 6.32. The standard InChI is InChI=1S/C18H32N4O3/c1-4-11-19-17(21-13-16(23)22(2)3)20-12-15-14-24-18(25-15)9-7-5-6-8-10-18/h4,15H,1,5-14H2,2-3H3,(H2,19,20,21). The minimum absolute atomic E-state index is 0.00150. The van der Waals surface area contributed by atoms with E-state index in [0.717, 1.165) is 12.8 Å². The van der Waals surface area contributed by atoms with E-state index in [1.807, 2.05) is 0 Å². The van der Waals surface area contributed by atoms with Crippen LogP contribution in [0.15, 0.2) is 17.6 Å². The molecule has 1 aliphatic carbocycles. The van der Waals surface area contributed by atoms with Crippen molar-refractivity contribution in [1.29, 1.82) is 0 Å². The van der Waals surface area contributed by atoms with Crippen molar-refractivity contribution in [3.63, 3.8) is 0 Å². The largest absolute Gasteiger partial charge is 0.354 e. The molecule has 1 atom stereocenters. The molecule has 25 heavy (non-hydrogen) atoms. The molecule has 1 saturated heterocycles. The molecule has 7 nitrogen and oxygen atoms in total. The molecule has 2 N–H and O–H groups in total. The van der Waals surface area contributed by atoms with Crippen LogP contribution >= 0.6 is 0 Å². The lowest BCUT2D eigenvalue weighted by molar-refractivity contribution is -0.175. The number of carbonyl (C=O) groups is 1. The van der Waals surface area contributed by atoms with E-state index < -0.39 is 0 Å². The molecule has 1 aliphatic heterocycles. The highest BCUT2D eigenvalue weighted by atomic mass is 16.7. The summed E-state index contributed by atoms with van der Waals surface area (Å²) in [7, 11) is 3.44. The van der Waals surface area contributed by atoms with Gasteiger partial charge in [0.25, 0.3) is 0 Å². The predicted octanol–water partition coefficient (Wildman–Crippen LogP) is 1.26. The van der Waals surface area contributed by atoms with Crippen LogP contribution in [-0.2, 0) is 14.3 Å². The van der Waals surface area contributed by atoms with Gasteiger partial charge in [-0.2, -0.15) is 0 Å². The van der Waals surface area contributed by atoms with Crippen LogP contribution in [-0.4, -0.2) is 69.0 Å². The number of amides is 1. The van der Waals surface area contributed by atoms with E-state index in [9.17, 15) is 4.79 Å². The predicted molar refractivity (Wildman–Crippen MR) is 98.5 cm³/mol. The van der Waals surface area contributed by atoms with Gasteiger partial charge in [-0.25, -0.2) is 4.99 Å². The van der Waals surface area contributed by atoms with E-state index in [2.05, 4.69) is 22.2 Å². The number of hydrogen-bond acceptors (Lipinski definition) is 4. The first-order chi connectivity index (χ1) is 12.0. The van der Waals surface area contributed by atoms with E-state index >= 15 is 0 Å². The summed E-state index contributed by atoms with van der Waals surface area (Å²) in [5.74, 6) is 0.161. The Morgan fingerprint density at radius 2 is 2.00 bits per heavy atom. The van der Waals surface area contributed by atoms with E-state index in [1.54, 1.807) is 20.2 Å². The van der Waals surface area contributed by atoms with Crippen LogP contribution in [0.1, 0.15) is 38.5 Å². The highest BCUT2D eigenvalue weighted by molar-refractivity contribution is 5.84. The van der Waals surface area contributed by atoms with Crippen LogP contribution in [0.5, 0.6) is 0 Å². The second kappa shape index (κ2) is 9.77. The fourth-order valence-corrected chi connectivity index (χ4v) is 3.09. The molecule has 1 saturated carbocycles. The van der Waals surface area contributed by atoms with E-state index in [1.165, 1.54) is 30.6 Å². The third-order valence-electron chi connectivity index (χ3n) is 4.56. The van der Waals surface area contributed by atoms with E-state index in [0.29, 0.717) is 25.7 Å². The van der Waals surface area contributed by atoms with Crippen LogP contribution < -0.4 is 10.6 Å². The minimum atomic E-state index is -0.379. The van der Waals surface area contributed by atoms with E-state index in [-0.39, 0.29) is 24.3 Å². The average molecular weight is 352 g/mol. The number of hydrogen-bond donors (Lipinski definition) is 2. The Kier molecular flexibility index (Phi) is 7.71. The summed E-state index contributed by atoms with van der Waals surface area (Å²) in [6, 6.07) is 0. The van der Waals surface area contributed by atoms with Gasteiger partial charge >= 0.3 is 0 Å². The molecule has 0 aromatic carbocycles. The maximum atomic E-state index is 11.7. The fourth-order valence-electron chi connectivity index (χ4n) is 3.09. The molecular weight excluding hydrogens is 320 g/mol. The molecule has 2 aliphatic rings. The summed E-state index contributed by atoms with van der Waals surface area (Å²) < 4.78 is 12.2. The zero-order valence-electron chi connectivity index (χ0n) is 15.6. The van der Waals surface area contributed by atoms with Crippen molar-refractivity contribution in [3.05, 3.63) is 12.7 Å². The molecule has 2 fully saturated rings. The maximum Gasteiger partial charge on any atom is 0.243 e. The number of likely N-dealkylation sites (N-methyl/N-ethyl adjacent to an activating group) is 1. The van der Waals surface area contributed by atoms with Gasteiger partial charge < -0.3 is 25.0 Å². The lowest BCUT2D eigenvalue weighted by Gasteiger charge is -2.26. The molecule has 0 radical (unpaired) electrons. The molecule has 1 amide bonds. The van der Waals surface area contributed by atoms with Crippen molar-refractivity contribution in [1.82, 2.24) is 15.5 Å². The first-order valence-electron chi connectivity index (χ1n) is 9.20. The number of aliphatic imine (C=N–C) groups is 1. The topological polar surface area (TPSA) is 75.2 Å². The van der Waals surface area contributed by atoms with Crippen LogP contribution in [0.2, 0.25) is 0 Å². The van der Waals surface area contributed by atoms with Gasteiger partial charge in [-0.05, 0) is 12.8 Å². The number of guanidine groups is 1. The Balaban J connectivity index is 1.84. The van der Waals surface area contributed by atoms with E-state index in [4.69, 9.17) is 9.47 Å². The van der Waals surface area contributed by atoms with Gasteiger partial charge in [0.2, 0.25) is 5.91 Å². The van der Waals surface area contributed by atoms with Crippen molar-refractivity contribution in [2.45, 2.75) is 50.4 Å². The van der Waals surface area contributed by atoms with Crippen LogP contribution in [0.3, 0.4) is 0 Å². The molecule has 7 heteroatoms. The van der Waals surface area contributed by atoms with Crippen LogP contribution in [0.4, 0.5) is 0 Å². The molecule has 1 unspecified atom stereocenters. The Morgan fingerprint density at radius 1 is 1.28 bits per heavy atom. The summed E-state index contributed by atoms with van der Waals surface area (Å²) >= 11 is 0. The van der Waals surface area contributed by atoms with Crippen molar-refractivity contribution in [2.75, 3.05) is 40.3 Å². The van der Waals surface area contributed by atoms with Gasteiger partial charge in [0.15, 0.2) is 11.7 Å². The second-order valence-electron chi connectivity index (χ2n) is 6.88. The van der Waals surface area contributed by atoms with Gasteiger partial charge in [0.1, 0.15) is 12.6 Å². The number of rotatable bonds is 6. The molecule has 142 valence electrons. The van der Waals surface area contributed by atoms with Crippen LogP contribution in [0, 0.1) is 0 Å². The monoisotopic (exact) mass is 352 g/mol. The number of nitrogens with one attached hydrogen (secondary N) is 2. The van der Waals surface area contributed by atoms with Crippen molar-refractivity contribution >= 4 is 11.9 Å². The summed E-state index contributed by atoms with van der Waals surface area (Å²) in [5.41, 5.74) is 0. The van der Waals surface area contributed by atoms with Crippen molar-refractivity contribution < 1.29 is 14.3 Å². The minimum Gasteiger partial charge on any atom is -0.354 e. The van der Waals surface area contributed by atoms with Gasteiger partial charge in [-0.3, -0.25) is 4.79 Å². The zero-order chi connectivity index (χ0) is 18.1. The Bertz CT molecular complexity index is 471. The Morgan fingerprint density at radius 3 is 2.64 bits per heavy atom. The van der Waals surface area contributed by atoms with Gasteiger partial charge in [-0.15, -0.1) is 6.58 Å². The van der Waals surface area contributed by atoms with Crippen molar-refractivity contribution in [3.8, 4) is 0 Å². The highest BCUT2D eigenvalue weighted by Gasteiger charge is 2.41. The SMILES string of the molecule is C=CCNC(=NCC(=O)N(C)C)NCC1COC2(CCCCCC2)O1. The quantitative estimate of drug-likeness (QED) is 0.428. The summed E-state index contributed by atoms with van der Waals surface area (Å²) in [6.45, 7) is 5.57. The first-order valence-corrected chi connectivity index (χ1v) is 9.20. The van der Waals surface area contributed by atoms with Gasteiger partial charge in [-0.1, -0.05) is 18.9 Å². The fraction of sp³-hybridized carbons (Fsp3) is 0.778. The maximum absolute atomic E-state index is 11.7. The molecule has 1 spiro atoms. The molecule has 0 bridgehead atoms. The van der Waals surface area contributed by atoms with Gasteiger partial charge in [0, 0.05) is 40.0 Å². The number of nitrogens with zero attached hydrogens (tertiary/aromatic N) is 2. The smallest absolute Gasteiger partial charge is 0.243 e. The molecule has 0 aromatic heterocycles. The van der Waals surface area contributed by atoms with Crippen molar-refractivity contribution in [2.24, 2.45) is 4.99 Å². The highest BCUT2D eigenvalue weighted by Crippen LogP contribution is 2.36. The lowest BCUT2D eigenvalue weighted by Crippen LogP contribution is -2.43. The summed E-state index contributed by atoms with van der Waals surface area (Å²) in [5, 5.41) is 6.37. The molecule has 1 heterocycles. The normalized spacial score (nSPS) is 23.1. The number of ether oxygens (including phenoxy) is 2. The zero-order valence-corrected chi connectivity index (χ0v) is 15.6. The first kappa shape index (κ1) is 19.7. The second-order valence-corrected chi connectivity index (χ2v) is 6.88. The lowest BCUT2D eigenvalue weighted by atomic mass is 10.1. The Labute approximate surface area is 150 Å². The summed E-state index contributed by atoms with van der Waals surface area (Å²) in [6.07, 6.45) is 8.58. The number of carbonyl (C=O) groups excluding carboxylic acids is 1. The average Bonchev–Trinajstić information content (AvgIpc) is 2.85. The molecule has 0 aromatic rings. The third-order valence-corrected chi connectivity index (χ3v) is 4.56. The molecule has 2 rings (SSSR count). The Hall–Kier alpha value is -1.60. The van der Waals surface area contributed by atoms with Crippen LogP contribution in [0.25, 0.3) is 0 Å².